The molecule has 6 nitrogen and oxygen atoms in total. The van der Waals surface area contributed by atoms with E-state index in [1.807, 2.05) is 36.6 Å². The Balaban J connectivity index is 1.50. The molecule has 4 aromatic rings. The minimum Gasteiger partial charge on any atom is -0.480 e. The summed E-state index contributed by atoms with van der Waals surface area (Å²) < 4.78 is 8.12. The van der Waals surface area contributed by atoms with Gasteiger partial charge in [0.25, 0.3) is 11.9 Å². The highest BCUT2D eigenvalue weighted by molar-refractivity contribution is 9.10. The van der Waals surface area contributed by atoms with E-state index >= 15 is 0 Å². The molecule has 1 unspecified atom stereocenters. The Kier molecular flexibility index (Phi) is 5.58. The second kappa shape index (κ2) is 8.14. The lowest BCUT2D eigenvalue weighted by molar-refractivity contribution is -0.122. The molecule has 2 aromatic heterocycles. The molecular formula is C20H16BrClN4O2S. The van der Waals surface area contributed by atoms with E-state index in [0.717, 1.165) is 11.3 Å². The van der Waals surface area contributed by atoms with Crippen molar-refractivity contribution in [3.63, 3.8) is 0 Å². The number of amides is 1. The third-order valence-corrected chi connectivity index (χ3v) is 5.90. The van der Waals surface area contributed by atoms with Gasteiger partial charge in [0, 0.05) is 16.0 Å². The summed E-state index contributed by atoms with van der Waals surface area (Å²) in [6.45, 7) is 3.70. The first-order valence-electron chi connectivity index (χ1n) is 8.74. The quantitative estimate of drug-likeness (QED) is 0.395. The smallest absolute Gasteiger partial charge is 0.267 e. The average Bonchev–Trinajstić information content (AvgIpc) is 3.25. The van der Waals surface area contributed by atoms with E-state index in [4.69, 9.17) is 16.3 Å². The van der Waals surface area contributed by atoms with Crippen LogP contribution in [0.5, 0.6) is 5.75 Å². The van der Waals surface area contributed by atoms with Gasteiger partial charge in [0.15, 0.2) is 6.10 Å². The van der Waals surface area contributed by atoms with Crippen molar-refractivity contribution in [3.8, 4) is 17.0 Å². The van der Waals surface area contributed by atoms with Crippen molar-refractivity contribution in [2.45, 2.75) is 20.0 Å². The maximum absolute atomic E-state index is 12.5. The minimum atomic E-state index is -0.745. The number of nitrogens with one attached hydrogen (secondary N) is 1. The van der Waals surface area contributed by atoms with Crippen LogP contribution < -0.4 is 10.1 Å². The van der Waals surface area contributed by atoms with Gasteiger partial charge in [-0.1, -0.05) is 41.4 Å². The third kappa shape index (κ3) is 4.29. The Bertz CT molecular complexity index is 1190. The monoisotopic (exact) mass is 490 g/mol. The Morgan fingerprint density at radius 2 is 2.03 bits per heavy atom. The third-order valence-electron chi connectivity index (χ3n) is 4.23. The number of hydrogen-bond acceptors (Lipinski definition) is 5. The van der Waals surface area contributed by atoms with Gasteiger partial charge >= 0.3 is 0 Å². The Morgan fingerprint density at radius 3 is 2.76 bits per heavy atom. The maximum Gasteiger partial charge on any atom is 0.267 e. The number of carbonyl (C=O) groups is 1. The Labute approximate surface area is 184 Å². The first kappa shape index (κ1) is 19.9. The van der Waals surface area contributed by atoms with Crippen LogP contribution in [0.15, 0.2) is 52.3 Å². The fourth-order valence-electron chi connectivity index (χ4n) is 2.68. The van der Waals surface area contributed by atoms with Crippen LogP contribution in [0, 0.1) is 6.92 Å². The van der Waals surface area contributed by atoms with E-state index in [0.29, 0.717) is 20.2 Å². The van der Waals surface area contributed by atoms with Crippen LogP contribution in [-0.4, -0.2) is 26.6 Å². The van der Waals surface area contributed by atoms with Gasteiger partial charge in [0.1, 0.15) is 5.75 Å². The SMILES string of the molecule is Cc1ccc(-c2csc3nc(NC(=O)C(C)Oc4ccc(Cl)cc4Br)nn23)cc1. The fourth-order valence-corrected chi connectivity index (χ4v) is 4.29. The zero-order valence-corrected chi connectivity index (χ0v) is 18.7. The molecule has 0 bridgehead atoms. The average molecular weight is 492 g/mol. The summed E-state index contributed by atoms with van der Waals surface area (Å²) in [6.07, 6.45) is -0.745. The molecule has 1 amide bonds. The summed E-state index contributed by atoms with van der Waals surface area (Å²) in [5, 5.41) is 9.72. The van der Waals surface area contributed by atoms with Crippen molar-refractivity contribution >= 4 is 55.7 Å². The summed E-state index contributed by atoms with van der Waals surface area (Å²) in [5.41, 5.74) is 3.15. The van der Waals surface area contributed by atoms with Crippen LogP contribution in [0.2, 0.25) is 5.02 Å². The van der Waals surface area contributed by atoms with Crippen LogP contribution in [0.3, 0.4) is 0 Å². The number of thiazole rings is 1. The molecule has 29 heavy (non-hydrogen) atoms. The molecule has 0 aliphatic carbocycles. The lowest BCUT2D eigenvalue weighted by atomic mass is 10.1. The van der Waals surface area contributed by atoms with E-state index < -0.39 is 6.10 Å². The van der Waals surface area contributed by atoms with E-state index in [2.05, 4.69) is 31.3 Å². The van der Waals surface area contributed by atoms with E-state index in [9.17, 15) is 4.79 Å². The molecule has 1 atom stereocenters. The standard InChI is InChI=1S/C20H16BrClN4O2S/c1-11-3-5-13(6-4-11)16-10-29-20-24-19(25-26(16)20)23-18(27)12(2)28-17-8-7-14(22)9-15(17)21/h3-10,12H,1-2H3,(H,23,25,27). The largest absolute Gasteiger partial charge is 0.480 e. The maximum atomic E-state index is 12.5. The van der Waals surface area contributed by atoms with Crippen molar-refractivity contribution in [2.24, 2.45) is 0 Å². The number of benzene rings is 2. The van der Waals surface area contributed by atoms with E-state index in [-0.39, 0.29) is 11.9 Å². The van der Waals surface area contributed by atoms with Crippen LogP contribution in [0.25, 0.3) is 16.2 Å². The van der Waals surface area contributed by atoms with Crippen molar-refractivity contribution < 1.29 is 9.53 Å². The Morgan fingerprint density at radius 1 is 1.28 bits per heavy atom. The lowest BCUT2D eigenvalue weighted by Crippen LogP contribution is -2.30. The van der Waals surface area contributed by atoms with Crippen LogP contribution in [0.1, 0.15) is 12.5 Å². The van der Waals surface area contributed by atoms with Gasteiger partial charge in [-0.05, 0) is 48.0 Å². The normalized spacial score (nSPS) is 12.1. The molecule has 2 heterocycles. The van der Waals surface area contributed by atoms with Gasteiger partial charge in [-0.15, -0.1) is 16.4 Å². The number of nitrogens with zero attached hydrogens (tertiary/aromatic N) is 3. The van der Waals surface area contributed by atoms with Crippen molar-refractivity contribution in [3.05, 3.63) is 62.9 Å². The highest BCUT2D eigenvalue weighted by Gasteiger charge is 2.19. The minimum absolute atomic E-state index is 0.237. The van der Waals surface area contributed by atoms with Gasteiger partial charge < -0.3 is 4.74 Å². The molecule has 1 N–H and O–H groups in total. The molecule has 2 aromatic carbocycles. The second-order valence-electron chi connectivity index (χ2n) is 6.44. The summed E-state index contributed by atoms with van der Waals surface area (Å²) in [7, 11) is 0. The number of anilines is 1. The summed E-state index contributed by atoms with van der Waals surface area (Å²) in [4.78, 5) is 17.6. The summed E-state index contributed by atoms with van der Waals surface area (Å²) in [5.74, 6) is 0.417. The molecule has 0 saturated heterocycles. The number of rotatable bonds is 5. The molecule has 0 spiro atoms. The molecule has 9 heteroatoms. The molecular weight excluding hydrogens is 476 g/mol. The first-order valence-corrected chi connectivity index (χ1v) is 10.8. The molecule has 148 valence electrons. The molecule has 4 rings (SSSR count). The number of ether oxygens (including phenoxy) is 1. The predicted molar refractivity (Wildman–Crippen MR) is 119 cm³/mol. The summed E-state index contributed by atoms with van der Waals surface area (Å²) in [6, 6.07) is 13.3. The molecule has 0 radical (unpaired) electrons. The van der Waals surface area contributed by atoms with E-state index in [1.165, 1.54) is 16.9 Å². The van der Waals surface area contributed by atoms with Crippen molar-refractivity contribution in [1.82, 2.24) is 14.6 Å². The van der Waals surface area contributed by atoms with E-state index in [1.54, 1.807) is 29.6 Å². The van der Waals surface area contributed by atoms with Gasteiger partial charge in [-0.25, -0.2) is 4.52 Å². The van der Waals surface area contributed by atoms with Gasteiger partial charge in [0.05, 0.1) is 10.2 Å². The Hall–Kier alpha value is -2.42. The molecule has 0 fully saturated rings. The van der Waals surface area contributed by atoms with Crippen LogP contribution in [0.4, 0.5) is 5.95 Å². The highest BCUT2D eigenvalue weighted by Crippen LogP contribution is 2.29. The fraction of sp³-hybridized carbons (Fsp3) is 0.150. The highest BCUT2D eigenvalue weighted by atomic mass is 79.9. The van der Waals surface area contributed by atoms with Crippen LogP contribution in [-0.2, 0) is 4.79 Å². The number of fused-ring (bicyclic) bond motifs is 1. The number of carbonyl (C=O) groups excluding carboxylic acids is 1. The number of aromatic nitrogens is 3. The van der Waals surface area contributed by atoms with Gasteiger partial charge in [-0.3, -0.25) is 10.1 Å². The van der Waals surface area contributed by atoms with Gasteiger partial charge in [0.2, 0.25) is 4.96 Å². The summed E-state index contributed by atoms with van der Waals surface area (Å²) >= 11 is 10.8. The van der Waals surface area contributed by atoms with Gasteiger partial charge in [-0.2, -0.15) is 4.98 Å². The molecule has 0 saturated carbocycles. The predicted octanol–water partition coefficient (Wildman–Crippen LogP) is 5.59. The number of halogens is 2. The molecule has 0 aliphatic heterocycles. The van der Waals surface area contributed by atoms with Crippen molar-refractivity contribution in [1.29, 1.82) is 0 Å². The zero-order chi connectivity index (χ0) is 20.5. The molecule has 0 aliphatic rings. The van der Waals surface area contributed by atoms with Crippen molar-refractivity contribution in [2.75, 3.05) is 5.32 Å². The second-order valence-corrected chi connectivity index (χ2v) is 8.57. The zero-order valence-electron chi connectivity index (χ0n) is 15.5. The number of hydrogen-bond donors (Lipinski definition) is 1. The first-order chi connectivity index (χ1) is 13.9. The lowest BCUT2D eigenvalue weighted by Gasteiger charge is -2.14. The number of aryl methyl sites for hydroxylation is 1. The topological polar surface area (TPSA) is 68.5 Å². The van der Waals surface area contributed by atoms with Crippen LogP contribution >= 0.6 is 38.9 Å².